The van der Waals surface area contributed by atoms with E-state index in [1.807, 2.05) is 39.2 Å². The number of rotatable bonds is 7. The van der Waals surface area contributed by atoms with Crippen molar-refractivity contribution in [3.05, 3.63) is 29.3 Å². The number of benzene rings is 1. The molecule has 4 nitrogen and oxygen atoms in total. The van der Waals surface area contributed by atoms with Gasteiger partial charge in [-0.05, 0) is 40.1 Å². The highest BCUT2D eigenvalue weighted by Crippen LogP contribution is 2.25. The van der Waals surface area contributed by atoms with Gasteiger partial charge in [-0.15, -0.1) is 0 Å². The Hall–Kier alpha value is -1.10. The van der Waals surface area contributed by atoms with E-state index in [2.05, 4.69) is 17.1 Å². The zero-order valence-corrected chi connectivity index (χ0v) is 12.6. The summed E-state index contributed by atoms with van der Waals surface area (Å²) in [6.45, 7) is 5.59. The molecule has 2 atom stereocenters. The molecule has 0 heterocycles. The molecule has 1 aromatic carbocycles. The molecule has 4 heteroatoms. The molecule has 0 amide bonds. The lowest BCUT2D eigenvalue weighted by molar-refractivity contribution is 0.164. The van der Waals surface area contributed by atoms with Crippen molar-refractivity contribution in [3.63, 3.8) is 0 Å². The van der Waals surface area contributed by atoms with Crippen LogP contribution in [0, 0.1) is 6.92 Å². The van der Waals surface area contributed by atoms with Crippen LogP contribution in [0.1, 0.15) is 24.2 Å². The van der Waals surface area contributed by atoms with Gasteiger partial charge in [-0.25, -0.2) is 0 Å². The van der Waals surface area contributed by atoms with Crippen molar-refractivity contribution < 1.29 is 9.84 Å². The minimum Gasteiger partial charge on any atom is -0.496 e. The summed E-state index contributed by atoms with van der Waals surface area (Å²) in [4.78, 5) is 2.12. The zero-order chi connectivity index (χ0) is 14.4. The van der Waals surface area contributed by atoms with E-state index in [-0.39, 0.29) is 0 Å². The monoisotopic (exact) mass is 266 g/mol. The van der Waals surface area contributed by atoms with Crippen LogP contribution in [-0.4, -0.2) is 50.3 Å². The molecule has 0 fully saturated rings. The highest BCUT2D eigenvalue weighted by atomic mass is 16.5. The predicted octanol–water partition coefficient (Wildman–Crippen LogP) is 1.58. The van der Waals surface area contributed by atoms with Crippen LogP contribution in [-0.2, 0) is 0 Å². The van der Waals surface area contributed by atoms with E-state index in [0.717, 1.165) is 23.4 Å². The average Bonchev–Trinajstić information content (AvgIpc) is 2.35. The molecule has 0 saturated heterocycles. The van der Waals surface area contributed by atoms with Gasteiger partial charge in [0.2, 0.25) is 0 Å². The highest BCUT2D eigenvalue weighted by molar-refractivity contribution is 5.38. The smallest absolute Gasteiger partial charge is 0.124 e. The van der Waals surface area contributed by atoms with Gasteiger partial charge in [0.05, 0.1) is 13.2 Å². The van der Waals surface area contributed by atoms with E-state index in [4.69, 9.17) is 4.74 Å². The van der Waals surface area contributed by atoms with Crippen molar-refractivity contribution in [1.29, 1.82) is 0 Å². The Balaban J connectivity index is 2.62. The summed E-state index contributed by atoms with van der Waals surface area (Å²) in [7, 11) is 5.71. The van der Waals surface area contributed by atoms with E-state index in [9.17, 15) is 5.11 Å². The number of aryl methyl sites for hydroxylation is 1. The summed E-state index contributed by atoms with van der Waals surface area (Å²) in [6, 6.07) is 6.19. The Morgan fingerprint density at radius 3 is 2.63 bits per heavy atom. The Labute approximate surface area is 116 Å². The van der Waals surface area contributed by atoms with Gasteiger partial charge in [-0.1, -0.05) is 11.6 Å². The molecule has 0 radical (unpaired) electrons. The maximum atomic E-state index is 10.3. The third-order valence-electron chi connectivity index (χ3n) is 3.04. The van der Waals surface area contributed by atoms with Crippen molar-refractivity contribution in [2.75, 3.05) is 34.3 Å². The first-order valence-electron chi connectivity index (χ1n) is 6.64. The van der Waals surface area contributed by atoms with Gasteiger partial charge in [0.25, 0.3) is 0 Å². The number of nitrogens with zero attached hydrogens (tertiary/aromatic N) is 1. The zero-order valence-electron chi connectivity index (χ0n) is 12.6. The first kappa shape index (κ1) is 16.0. The Morgan fingerprint density at radius 2 is 2.05 bits per heavy atom. The summed E-state index contributed by atoms with van der Waals surface area (Å²) in [6.07, 6.45) is -0.556. The van der Waals surface area contributed by atoms with Gasteiger partial charge >= 0.3 is 0 Å². The molecule has 0 saturated carbocycles. The number of hydrogen-bond donors (Lipinski definition) is 2. The van der Waals surface area contributed by atoms with Crippen LogP contribution in [0.25, 0.3) is 0 Å². The molecule has 2 N–H and O–H groups in total. The van der Waals surface area contributed by atoms with Crippen LogP contribution in [0.5, 0.6) is 5.75 Å². The fraction of sp³-hybridized carbons (Fsp3) is 0.600. The second-order valence-electron chi connectivity index (χ2n) is 5.33. The molecule has 0 aromatic heterocycles. The minimum absolute atomic E-state index is 0.334. The normalized spacial score (nSPS) is 14.5. The van der Waals surface area contributed by atoms with Crippen LogP contribution < -0.4 is 10.1 Å². The molecule has 0 aliphatic rings. The number of aliphatic hydroxyl groups excluding tert-OH is 1. The fourth-order valence-corrected chi connectivity index (χ4v) is 2.15. The lowest BCUT2D eigenvalue weighted by Gasteiger charge is -2.21. The second kappa shape index (κ2) is 7.48. The van der Waals surface area contributed by atoms with Crippen molar-refractivity contribution in [2.45, 2.75) is 26.0 Å². The number of aliphatic hydroxyl groups is 1. The SMILES string of the molecule is COc1ccc(C)cc1C(O)CNC(C)CN(C)C. The third kappa shape index (κ3) is 5.19. The summed E-state index contributed by atoms with van der Waals surface area (Å²) in [5.74, 6) is 0.736. The quantitative estimate of drug-likeness (QED) is 0.786. The van der Waals surface area contributed by atoms with Crippen LogP contribution in [0.3, 0.4) is 0 Å². The predicted molar refractivity (Wildman–Crippen MR) is 78.7 cm³/mol. The van der Waals surface area contributed by atoms with Gasteiger partial charge in [0.15, 0.2) is 0 Å². The van der Waals surface area contributed by atoms with E-state index < -0.39 is 6.10 Å². The standard InChI is InChI=1S/C15H26N2O2/c1-11-6-7-15(19-5)13(8-11)14(18)9-16-12(2)10-17(3)4/h6-8,12,14,16,18H,9-10H2,1-5H3. The third-order valence-corrected chi connectivity index (χ3v) is 3.04. The average molecular weight is 266 g/mol. The molecule has 2 unspecified atom stereocenters. The van der Waals surface area contributed by atoms with Gasteiger partial charge < -0.3 is 20.1 Å². The lowest BCUT2D eigenvalue weighted by Crippen LogP contribution is -2.38. The molecule has 0 aliphatic carbocycles. The van der Waals surface area contributed by atoms with Crippen molar-refractivity contribution >= 4 is 0 Å². The summed E-state index contributed by atoms with van der Waals surface area (Å²) in [5.41, 5.74) is 1.96. The summed E-state index contributed by atoms with van der Waals surface area (Å²) in [5, 5.41) is 13.6. The molecular formula is C15H26N2O2. The Kier molecular flexibility index (Phi) is 6.28. The molecule has 0 aliphatic heterocycles. The van der Waals surface area contributed by atoms with E-state index in [0.29, 0.717) is 12.6 Å². The second-order valence-corrected chi connectivity index (χ2v) is 5.33. The van der Waals surface area contributed by atoms with Crippen molar-refractivity contribution in [2.24, 2.45) is 0 Å². The molecule has 0 bridgehead atoms. The maximum absolute atomic E-state index is 10.3. The van der Waals surface area contributed by atoms with Gasteiger partial charge in [-0.2, -0.15) is 0 Å². The minimum atomic E-state index is -0.556. The number of likely N-dealkylation sites (N-methyl/N-ethyl adjacent to an activating group) is 1. The van der Waals surface area contributed by atoms with Crippen molar-refractivity contribution in [1.82, 2.24) is 10.2 Å². The Morgan fingerprint density at radius 1 is 1.37 bits per heavy atom. The van der Waals surface area contributed by atoms with Crippen molar-refractivity contribution in [3.8, 4) is 5.75 Å². The van der Waals surface area contributed by atoms with Gasteiger partial charge in [0.1, 0.15) is 5.75 Å². The number of methoxy groups -OCH3 is 1. The topological polar surface area (TPSA) is 44.7 Å². The van der Waals surface area contributed by atoms with Crippen LogP contribution in [0.4, 0.5) is 0 Å². The van der Waals surface area contributed by atoms with E-state index in [1.165, 1.54) is 0 Å². The first-order chi connectivity index (χ1) is 8.93. The maximum Gasteiger partial charge on any atom is 0.124 e. The van der Waals surface area contributed by atoms with Crippen LogP contribution in [0.2, 0.25) is 0 Å². The number of ether oxygens (including phenoxy) is 1. The van der Waals surface area contributed by atoms with Gasteiger partial charge in [-0.3, -0.25) is 0 Å². The lowest BCUT2D eigenvalue weighted by atomic mass is 10.0. The molecule has 108 valence electrons. The summed E-state index contributed by atoms with van der Waals surface area (Å²) < 4.78 is 5.30. The molecular weight excluding hydrogens is 240 g/mol. The first-order valence-corrected chi connectivity index (χ1v) is 6.64. The van der Waals surface area contributed by atoms with E-state index in [1.54, 1.807) is 7.11 Å². The summed E-state index contributed by atoms with van der Waals surface area (Å²) >= 11 is 0. The molecule has 19 heavy (non-hydrogen) atoms. The van der Waals surface area contributed by atoms with Crippen LogP contribution >= 0.6 is 0 Å². The molecule has 0 spiro atoms. The van der Waals surface area contributed by atoms with Gasteiger partial charge in [0, 0.05) is 24.7 Å². The van der Waals surface area contributed by atoms with Crippen LogP contribution in [0.15, 0.2) is 18.2 Å². The number of nitrogens with one attached hydrogen (secondary N) is 1. The fourth-order valence-electron chi connectivity index (χ4n) is 2.15. The highest BCUT2D eigenvalue weighted by Gasteiger charge is 2.14. The molecule has 1 rings (SSSR count). The van der Waals surface area contributed by atoms with E-state index >= 15 is 0 Å². The molecule has 1 aromatic rings. The number of hydrogen-bond acceptors (Lipinski definition) is 4. The Bertz CT molecular complexity index is 394. The largest absolute Gasteiger partial charge is 0.496 e.